The van der Waals surface area contributed by atoms with Crippen LogP contribution in [0.15, 0.2) is 60.2 Å². The van der Waals surface area contributed by atoms with Crippen LogP contribution in [0.3, 0.4) is 0 Å². The van der Waals surface area contributed by atoms with Gasteiger partial charge in [0.15, 0.2) is 0 Å². The van der Waals surface area contributed by atoms with Crippen molar-refractivity contribution >= 4 is 0 Å². The molecule has 0 radical (unpaired) electrons. The molecule has 0 heterocycles. The fourth-order valence-electron chi connectivity index (χ4n) is 1.27. The van der Waals surface area contributed by atoms with Crippen LogP contribution in [0.4, 0.5) is 4.39 Å². The molecule has 84 valence electrons. The van der Waals surface area contributed by atoms with Crippen LogP contribution in [0, 0.1) is 5.82 Å². The van der Waals surface area contributed by atoms with Gasteiger partial charge in [0.25, 0.3) is 0 Å². The van der Waals surface area contributed by atoms with Crippen molar-refractivity contribution in [3.8, 4) is 0 Å². The van der Waals surface area contributed by atoms with Crippen LogP contribution in [0.25, 0.3) is 0 Å². The second-order valence-corrected chi connectivity index (χ2v) is 3.83. The van der Waals surface area contributed by atoms with Crippen LogP contribution in [0.5, 0.6) is 0 Å². The van der Waals surface area contributed by atoms with Crippen molar-refractivity contribution in [2.75, 3.05) is 0 Å². The summed E-state index contributed by atoms with van der Waals surface area (Å²) in [5.74, 6) is -0.199. The van der Waals surface area contributed by atoms with E-state index in [1.165, 1.54) is 17.7 Å². The van der Waals surface area contributed by atoms with Gasteiger partial charge in [0.1, 0.15) is 5.82 Å². The van der Waals surface area contributed by atoms with Gasteiger partial charge in [-0.05, 0) is 38.0 Å². The van der Waals surface area contributed by atoms with Crippen molar-refractivity contribution in [3.05, 3.63) is 71.6 Å². The second-order valence-electron chi connectivity index (χ2n) is 3.83. The van der Waals surface area contributed by atoms with Crippen molar-refractivity contribution in [1.82, 2.24) is 0 Å². The Morgan fingerprint density at radius 1 is 1.25 bits per heavy atom. The number of halogens is 1. The summed E-state index contributed by atoms with van der Waals surface area (Å²) >= 11 is 0. The molecular weight excluding hydrogens is 199 g/mol. The molecule has 0 unspecified atom stereocenters. The lowest BCUT2D eigenvalue weighted by molar-refractivity contribution is 0.627. The Morgan fingerprint density at radius 3 is 2.44 bits per heavy atom. The molecular formula is C15H17F. The molecule has 0 fully saturated rings. The Hall–Kier alpha value is -1.63. The zero-order valence-electron chi connectivity index (χ0n) is 9.83. The number of allylic oxidation sites excluding steroid dienone is 5. The molecule has 1 aromatic rings. The van der Waals surface area contributed by atoms with Gasteiger partial charge in [-0.2, -0.15) is 0 Å². The Morgan fingerprint density at radius 2 is 1.88 bits per heavy atom. The highest BCUT2D eigenvalue weighted by Gasteiger charge is 1.95. The highest BCUT2D eigenvalue weighted by atomic mass is 19.1. The monoisotopic (exact) mass is 216 g/mol. The van der Waals surface area contributed by atoms with E-state index < -0.39 is 0 Å². The number of rotatable bonds is 4. The van der Waals surface area contributed by atoms with Crippen LogP contribution >= 0.6 is 0 Å². The van der Waals surface area contributed by atoms with Crippen LogP contribution in [0.2, 0.25) is 0 Å². The molecule has 0 N–H and O–H groups in total. The molecule has 0 atom stereocenters. The second kappa shape index (κ2) is 6.06. The summed E-state index contributed by atoms with van der Waals surface area (Å²) in [6.45, 7) is 8.02. The predicted molar refractivity (Wildman–Crippen MR) is 67.8 cm³/mol. The van der Waals surface area contributed by atoms with Gasteiger partial charge < -0.3 is 0 Å². The molecule has 0 saturated carbocycles. The lowest BCUT2D eigenvalue weighted by Gasteiger charge is -2.01. The first-order valence-electron chi connectivity index (χ1n) is 5.35. The molecule has 1 rings (SSSR count). The topological polar surface area (TPSA) is 0 Å². The van der Waals surface area contributed by atoms with Crippen molar-refractivity contribution in [2.24, 2.45) is 0 Å². The Bertz CT molecular complexity index is 408. The minimum Gasteiger partial charge on any atom is -0.207 e. The number of hydrogen-bond donors (Lipinski definition) is 0. The van der Waals surface area contributed by atoms with Crippen LogP contribution in [-0.2, 0) is 6.42 Å². The smallest absolute Gasteiger partial charge is 0.123 e. The first-order chi connectivity index (χ1) is 7.61. The molecule has 0 saturated heterocycles. The number of hydrogen-bond acceptors (Lipinski definition) is 0. The maximum absolute atomic E-state index is 12.7. The van der Waals surface area contributed by atoms with E-state index in [0.717, 1.165) is 17.6 Å². The largest absolute Gasteiger partial charge is 0.207 e. The maximum Gasteiger partial charge on any atom is 0.123 e. The lowest BCUT2D eigenvalue weighted by atomic mass is 10.1. The van der Waals surface area contributed by atoms with E-state index in [0.29, 0.717) is 0 Å². The van der Waals surface area contributed by atoms with Crippen LogP contribution < -0.4 is 0 Å². The highest BCUT2D eigenvalue weighted by molar-refractivity contribution is 5.30. The van der Waals surface area contributed by atoms with E-state index in [1.807, 2.05) is 32.1 Å². The van der Waals surface area contributed by atoms with Crippen molar-refractivity contribution in [3.63, 3.8) is 0 Å². The van der Waals surface area contributed by atoms with Gasteiger partial charge >= 0.3 is 0 Å². The summed E-state index contributed by atoms with van der Waals surface area (Å²) in [6, 6.07) is 6.53. The molecule has 0 aliphatic heterocycles. The first kappa shape index (κ1) is 12.4. The molecule has 1 aromatic carbocycles. The summed E-state index contributed by atoms with van der Waals surface area (Å²) < 4.78 is 12.7. The highest BCUT2D eigenvalue weighted by Crippen LogP contribution is 2.09. The van der Waals surface area contributed by atoms with E-state index in [1.54, 1.807) is 12.1 Å². The van der Waals surface area contributed by atoms with Crippen molar-refractivity contribution in [1.29, 1.82) is 0 Å². The van der Waals surface area contributed by atoms with Gasteiger partial charge in [-0.3, -0.25) is 0 Å². The fraction of sp³-hybridized carbons (Fsp3) is 0.200. The molecule has 0 aliphatic rings. The van der Waals surface area contributed by atoms with Crippen molar-refractivity contribution in [2.45, 2.75) is 20.3 Å². The summed E-state index contributed by atoms with van der Waals surface area (Å²) in [6.07, 6.45) is 6.83. The Kier molecular flexibility index (Phi) is 4.71. The van der Waals surface area contributed by atoms with Gasteiger partial charge in [-0.25, -0.2) is 4.39 Å². The first-order valence-corrected chi connectivity index (χ1v) is 5.35. The van der Waals surface area contributed by atoms with Crippen LogP contribution in [-0.4, -0.2) is 0 Å². The van der Waals surface area contributed by atoms with Crippen molar-refractivity contribution < 1.29 is 4.39 Å². The van der Waals surface area contributed by atoms with Crippen LogP contribution in [0.1, 0.15) is 19.4 Å². The Balaban J connectivity index is 2.58. The van der Waals surface area contributed by atoms with Gasteiger partial charge in [-0.1, -0.05) is 48.1 Å². The molecule has 0 aromatic heterocycles. The normalized spacial score (nSPS) is 12.1. The van der Waals surface area contributed by atoms with E-state index in [4.69, 9.17) is 0 Å². The molecule has 0 bridgehead atoms. The average Bonchev–Trinajstić information content (AvgIpc) is 2.29. The standard InChI is InChI=1S/C15H17F/c1-4-12(2)5-6-13(3)11-14-7-9-15(16)10-8-14/h4-10H,3,11H2,1-2H3/b6-5-,12-4-. The fourth-order valence-corrected chi connectivity index (χ4v) is 1.27. The maximum atomic E-state index is 12.7. The molecule has 16 heavy (non-hydrogen) atoms. The van der Waals surface area contributed by atoms with E-state index in [9.17, 15) is 4.39 Å². The van der Waals surface area contributed by atoms with Gasteiger partial charge in [-0.15, -0.1) is 0 Å². The average molecular weight is 216 g/mol. The van der Waals surface area contributed by atoms with Gasteiger partial charge in [0.2, 0.25) is 0 Å². The molecule has 0 spiro atoms. The van der Waals surface area contributed by atoms with E-state index in [-0.39, 0.29) is 5.82 Å². The lowest BCUT2D eigenvalue weighted by Crippen LogP contribution is -1.87. The zero-order chi connectivity index (χ0) is 12.0. The molecule has 0 aliphatic carbocycles. The zero-order valence-corrected chi connectivity index (χ0v) is 9.83. The summed E-state index contributed by atoms with van der Waals surface area (Å²) in [5.41, 5.74) is 3.31. The molecule has 0 amide bonds. The third kappa shape index (κ3) is 4.26. The van der Waals surface area contributed by atoms with E-state index in [2.05, 4.69) is 6.58 Å². The predicted octanol–water partition coefficient (Wildman–Crippen LogP) is 4.45. The summed E-state index contributed by atoms with van der Waals surface area (Å²) in [7, 11) is 0. The Labute approximate surface area is 96.8 Å². The van der Waals surface area contributed by atoms with Gasteiger partial charge in [0.05, 0.1) is 0 Å². The SMILES string of the molecule is C=C(/C=C\C(C)=C/C)Cc1ccc(F)cc1. The van der Waals surface area contributed by atoms with Gasteiger partial charge in [0, 0.05) is 0 Å². The third-order valence-corrected chi connectivity index (χ3v) is 2.38. The quantitative estimate of drug-likeness (QED) is 0.652. The summed E-state index contributed by atoms with van der Waals surface area (Å²) in [5, 5.41) is 0. The summed E-state index contributed by atoms with van der Waals surface area (Å²) in [4.78, 5) is 0. The van der Waals surface area contributed by atoms with E-state index >= 15 is 0 Å². The number of benzene rings is 1. The minimum absolute atomic E-state index is 0.199. The molecule has 0 nitrogen and oxygen atoms in total. The molecule has 1 heteroatoms. The minimum atomic E-state index is -0.199. The third-order valence-electron chi connectivity index (χ3n) is 2.38.